The molecular weight excluding hydrogens is 257 g/mol. The van der Waals surface area contributed by atoms with Gasteiger partial charge < -0.3 is 16.3 Å². The number of oxime groups is 1. The van der Waals surface area contributed by atoms with Crippen molar-refractivity contribution >= 4 is 5.84 Å². The summed E-state index contributed by atoms with van der Waals surface area (Å²) < 4.78 is 13.5. The van der Waals surface area contributed by atoms with E-state index in [9.17, 15) is 4.39 Å². The van der Waals surface area contributed by atoms with E-state index in [2.05, 4.69) is 10.5 Å². The molecule has 110 valence electrons. The molecule has 4 nitrogen and oxygen atoms in total. The Kier molecular flexibility index (Phi) is 5.35. The molecule has 4 N–H and O–H groups in total. The summed E-state index contributed by atoms with van der Waals surface area (Å²) in [5, 5.41) is 14.9. The van der Waals surface area contributed by atoms with E-state index in [0.717, 1.165) is 18.0 Å². The molecule has 0 heterocycles. The molecule has 5 heteroatoms. The smallest absolute Gasteiger partial charge is 0.170 e. The molecular formula is C15H22FN3O. The van der Waals surface area contributed by atoms with Gasteiger partial charge in [-0.2, -0.15) is 0 Å². The van der Waals surface area contributed by atoms with Gasteiger partial charge in [-0.1, -0.05) is 24.4 Å². The van der Waals surface area contributed by atoms with Gasteiger partial charge in [0.2, 0.25) is 0 Å². The van der Waals surface area contributed by atoms with E-state index >= 15 is 0 Å². The molecule has 0 aliphatic heterocycles. The first-order valence-corrected chi connectivity index (χ1v) is 7.17. The molecule has 1 aliphatic rings. The van der Waals surface area contributed by atoms with Gasteiger partial charge in [-0.3, -0.25) is 0 Å². The molecule has 1 fully saturated rings. The minimum Gasteiger partial charge on any atom is -0.409 e. The Morgan fingerprint density at radius 3 is 2.75 bits per heavy atom. The lowest BCUT2D eigenvalue weighted by Crippen LogP contribution is -2.24. The van der Waals surface area contributed by atoms with Crippen LogP contribution in [0.1, 0.15) is 43.2 Å². The lowest BCUT2D eigenvalue weighted by Gasteiger charge is -2.21. The van der Waals surface area contributed by atoms with Crippen molar-refractivity contribution in [1.29, 1.82) is 0 Å². The van der Waals surface area contributed by atoms with Crippen LogP contribution in [0.3, 0.4) is 0 Å². The quantitative estimate of drug-likeness (QED) is 0.336. The van der Waals surface area contributed by atoms with E-state index in [1.165, 1.54) is 44.2 Å². The van der Waals surface area contributed by atoms with Crippen molar-refractivity contribution in [2.45, 2.75) is 38.6 Å². The summed E-state index contributed by atoms with van der Waals surface area (Å²) in [6.45, 7) is 1.56. The van der Waals surface area contributed by atoms with Gasteiger partial charge in [-0.25, -0.2) is 4.39 Å². The summed E-state index contributed by atoms with van der Waals surface area (Å²) in [5.41, 5.74) is 6.70. The average molecular weight is 279 g/mol. The van der Waals surface area contributed by atoms with E-state index in [-0.39, 0.29) is 11.7 Å². The van der Waals surface area contributed by atoms with Crippen LogP contribution >= 0.6 is 0 Å². The number of halogens is 1. The van der Waals surface area contributed by atoms with Gasteiger partial charge >= 0.3 is 0 Å². The third-order valence-electron chi connectivity index (χ3n) is 3.85. The van der Waals surface area contributed by atoms with Crippen molar-refractivity contribution in [3.8, 4) is 0 Å². The van der Waals surface area contributed by atoms with Crippen LogP contribution in [-0.2, 0) is 6.54 Å². The van der Waals surface area contributed by atoms with Gasteiger partial charge in [0.1, 0.15) is 5.82 Å². The van der Waals surface area contributed by atoms with Gasteiger partial charge in [-0.05, 0) is 49.1 Å². The number of nitrogens with zero attached hydrogens (tertiary/aromatic N) is 1. The first-order valence-electron chi connectivity index (χ1n) is 7.17. The molecule has 0 atom stereocenters. The molecule has 1 aromatic carbocycles. The lowest BCUT2D eigenvalue weighted by atomic mass is 9.89. The second kappa shape index (κ2) is 7.24. The van der Waals surface area contributed by atoms with Crippen molar-refractivity contribution in [2.75, 3.05) is 6.54 Å². The Balaban J connectivity index is 1.90. The Morgan fingerprint density at radius 1 is 1.30 bits per heavy atom. The van der Waals surface area contributed by atoms with Gasteiger partial charge in [0.15, 0.2) is 5.84 Å². The highest BCUT2D eigenvalue weighted by Crippen LogP contribution is 2.22. The zero-order valence-corrected chi connectivity index (χ0v) is 11.6. The van der Waals surface area contributed by atoms with Crippen LogP contribution in [0, 0.1) is 11.7 Å². The largest absolute Gasteiger partial charge is 0.409 e. The number of nitrogens with two attached hydrogens (primary N) is 1. The molecule has 1 aliphatic carbocycles. The molecule has 1 aromatic rings. The molecule has 0 saturated heterocycles. The first-order chi connectivity index (χ1) is 9.69. The third kappa shape index (κ3) is 4.20. The summed E-state index contributed by atoms with van der Waals surface area (Å²) in [5.74, 6) is 0.294. The molecule has 0 aromatic heterocycles. The minimum absolute atomic E-state index is 0.0713. The highest BCUT2D eigenvalue weighted by Gasteiger charge is 2.12. The SMILES string of the molecule is N/C(=N/O)c1cc(F)cc(CNCC2CCCCC2)c1. The molecule has 20 heavy (non-hydrogen) atoms. The van der Waals surface area contributed by atoms with Crippen molar-refractivity contribution in [3.05, 3.63) is 35.1 Å². The first kappa shape index (κ1) is 14.8. The van der Waals surface area contributed by atoms with Crippen LogP contribution in [0.5, 0.6) is 0 Å². The van der Waals surface area contributed by atoms with Crippen LogP contribution in [0.25, 0.3) is 0 Å². The summed E-state index contributed by atoms with van der Waals surface area (Å²) in [4.78, 5) is 0. The lowest BCUT2D eigenvalue weighted by molar-refractivity contribution is 0.318. The molecule has 0 amide bonds. The van der Waals surface area contributed by atoms with E-state index in [1.54, 1.807) is 6.07 Å². The standard InChI is InChI=1S/C15H22FN3O/c16-14-7-12(6-13(8-14)15(17)19-20)10-18-9-11-4-2-1-3-5-11/h6-8,11,18,20H,1-5,9-10H2,(H2,17,19). The maximum Gasteiger partial charge on any atom is 0.170 e. The van der Waals surface area contributed by atoms with Crippen LogP contribution in [0.15, 0.2) is 23.4 Å². The summed E-state index contributed by atoms with van der Waals surface area (Å²) in [6, 6.07) is 4.48. The Morgan fingerprint density at radius 2 is 2.05 bits per heavy atom. The topological polar surface area (TPSA) is 70.6 Å². The Bertz CT molecular complexity index is 470. The van der Waals surface area contributed by atoms with Gasteiger partial charge in [0.05, 0.1) is 0 Å². The van der Waals surface area contributed by atoms with Crippen LogP contribution < -0.4 is 11.1 Å². The summed E-state index contributed by atoms with van der Waals surface area (Å²) >= 11 is 0. The fourth-order valence-corrected chi connectivity index (χ4v) is 2.77. The Hall–Kier alpha value is -1.62. The van der Waals surface area contributed by atoms with Gasteiger partial charge in [-0.15, -0.1) is 0 Å². The van der Waals surface area contributed by atoms with Gasteiger partial charge in [0.25, 0.3) is 0 Å². The fourth-order valence-electron chi connectivity index (χ4n) is 2.77. The van der Waals surface area contributed by atoms with E-state index in [1.807, 2.05) is 0 Å². The Labute approximate surface area is 118 Å². The number of benzene rings is 1. The molecule has 0 spiro atoms. The number of nitrogens with one attached hydrogen (secondary N) is 1. The average Bonchev–Trinajstić information content (AvgIpc) is 2.47. The van der Waals surface area contributed by atoms with Crippen molar-refractivity contribution < 1.29 is 9.60 Å². The summed E-state index contributed by atoms with van der Waals surface area (Å²) in [7, 11) is 0. The van der Waals surface area contributed by atoms with Crippen LogP contribution in [0.4, 0.5) is 4.39 Å². The molecule has 0 radical (unpaired) electrons. The highest BCUT2D eigenvalue weighted by molar-refractivity contribution is 5.97. The molecule has 1 saturated carbocycles. The van der Waals surface area contributed by atoms with E-state index in [0.29, 0.717) is 12.1 Å². The highest BCUT2D eigenvalue weighted by atomic mass is 19.1. The van der Waals surface area contributed by atoms with Crippen LogP contribution in [-0.4, -0.2) is 17.6 Å². The van der Waals surface area contributed by atoms with Crippen LogP contribution in [0.2, 0.25) is 0 Å². The minimum atomic E-state index is -0.372. The fraction of sp³-hybridized carbons (Fsp3) is 0.533. The van der Waals surface area contributed by atoms with E-state index < -0.39 is 0 Å². The molecule has 0 bridgehead atoms. The maximum absolute atomic E-state index is 13.5. The second-order valence-corrected chi connectivity index (χ2v) is 5.47. The predicted molar refractivity (Wildman–Crippen MR) is 77.2 cm³/mol. The predicted octanol–water partition coefficient (Wildman–Crippen LogP) is 2.59. The third-order valence-corrected chi connectivity index (χ3v) is 3.85. The summed E-state index contributed by atoms with van der Waals surface area (Å²) in [6.07, 6.45) is 6.56. The zero-order chi connectivity index (χ0) is 14.4. The van der Waals surface area contributed by atoms with E-state index in [4.69, 9.17) is 10.9 Å². The number of rotatable bonds is 5. The second-order valence-electron chi connectivity index (χ2n) is 5.47. The molecule has 2 rings (SSSR count). The normalized spacial score (nSPS) is 17.4. The van der Waals surface area contributed by atoms with Crippen molar-refractivity contribution in [1.82, 2.24) is 5.32 Å². The number of amidine groups is 1. The maximum atomic E-state index is 13.5. The van der Waals surface area contributed by atoms with Crippen molar-refractivity contribution in [3.63, 3.8) is 0 Å². The number of hydrogen-bond donors (Lipinski definition) is 3. The van der Waals surface area contributed by atoms with Crippen molar-refractivity contribution in [2.24, 2.45) is 16.8 Å². The number of hydrogen-bond acceptors (Lipinski definition) is 3. The monoisotopic (exact) mass is 279 g/mol. The van der Waals surface area contributed by atoms with Gasteiger partial charge in [0, 0.05) is 12.1 Å². The molecule has 0 unspecified atom stereocenters. The zero-order valence-electron chi connectivity index (χ0n) is 11.6.